The number of nitrogens with zero attached hydrogens (tertiary/aromatic N) is 1. The van der Waals surface area contributed by atoms with E-state index in [1.165, 1.54) is 38.8 Å². The van der Waals surface area contributed by atoms with Gasteiger partial charge in [0.1, 0.15) is 0 Å². The zero-order chi connectivity index (χ0) is 14.2. The normalized spacial score (nSPS) is 22.1. The van der Waals surface area contributed by atoms with E-state index in [-0.39, 0.29) is 0 Å². The van der Waals surface area contributed by atoms with Crippen molar-refractivity contribution in [1.29, 1.82) is 0 Å². The predicted molar refractivity (Wildman–Crippen MR) is 85.1 cm³/mol. The summed E-state index contributed by atoms with van der Waals surface area (Å²) in [6, 6.07) is 10.3. The van der Waals surface area contributed by atoms with Gasteiger partial charge in [0, 0.05) is 30.7 Å². The average Bonchev–Trinajstić information content (AvgIpc) is 2.80. The first kappa shape index (κ1) is 14.1. The molecule has 0 saturated carbocycles. The molecule has 110 valence electrons. The van der Waals surface area contributed by atoms with Crippen molar-refractivity contribution in [1.82, 2.24) is 10.2 Å². The molecule has 2 aliphatic rings. The standard InChI is InChI=1S/C18H28N2/c1-18(2,3)20-10-8-16(9-11-20)19-17-12-14-6-4-5-7-15(14)13-17/h4-7,16-17,19H,8-13H2,1-3H3. The number of likely N-dealkylation sites (tertiary alicyclic amines) is 1. The van der Waals surface area contributed by atoms with E-state index in [9.17, 15) is 0 Å². The highest BCUT2D eigenvalue weighted by Crippen LogP contribution is 2.24. The lowest BCUT2D eigenvalue weighted by molar-refractivity contribution is 0.0940. The molecular weight excluding hydrogens is 244 g/mol. The Morgan fingerprint density at radius 2 is 1.50 bits per heavy atom. The summed E-state index contributed by atoms with van der Waals surface area (Å²) in [4.78, 5) is 2.62. The SMILES string of the molecule is CC(C)(C)N1CCC(NC2Cc3ccccc3C2)CC1. The molecule has 1 aromatic carbocycles. The monoisotopic (exact) mass is 272 g/mol. The van der Waals surface area contributed by atoms with Crippen molar-refractivity contribution in [3.8, 4) is 0 Å². The van der Waals surface area contributed by atoms with Gasteiger partial charge in [-0.15, -0.1) is 0 Å². The number of fused-ring (bicyclic) bond motifs is 1. The molecule has 1 aromatic rings. The quantitative estimate of drug-likeness (QED) is 0.890. The Hall–Kier alpha value is -0.860. The van der Waals surface area contributed by atoms with Gasteiger partial charge in [0.05, 0.1) is 0 Å². The van der Waals surface area contributed by atoms with Gasteiger partial charge in [-0.3, -0.25) is 4.90 Å². The third-order valence-electron chi connectivity index (χ3n) is 4.97. The van der Waals surface area contributed by atoms with Crippen LogP contribution in [0.1, 0.15) is 44.7 Å². The van der Waals surface area contributed by atoms with Gasteiger partial charge in [-0.2, -0.15) is 0 Å². The fourth-order valence-electron chi connectivity index (χ4n) is 3.73. The minimum absolute atomic E-state index is 0.328. The Morgan fingerprint density at radius 1 is 0.950 bits per heavy atom. The largest absolute Gasteiger partial charge is 0.310 e. The molecule has 3 rings (SSSR count). The molecule has 2 heteroatoms. The van der Waals surface area contributed by atoms with Gasteiger partial charge < -0.3 is 5.32 Å². The summed E-state index contributed by atoms with van der Waals surface area (Å²) >= 11 is 0. The second kappa shape index (κ2) is 5.50. The van der Waals surface area contributed by atoms with Crippen molar-refractivity contribution in [2.45, 2.75) is 64.1 Å². The number of hydrogen-bond donors (Lipinski definition) is 1. The number of nitrogens with one attached hydrogen (secondary N) is 1. The number of hydrogen-bond acceptors (Lipinski definition) is 2. The minimum Gasteiger partial charge on any atom is -0.310 e. The maximum absolute atomic E-state index is 3.91. The lowest BCUT2D eigenvalue weighted by atomic mass is 9.97. The Balaban J connectivity index is 1.50. The summed E-state index contributed by atoms with van der Waals surface area (Å²) in [5.41, 5.74) is 3.43. The highest BCUT2D eigenvalue weighted by Gasteiger charge is 2.29. The fraction of sp³-hybridized carbons (Fsp3) is 0.667. The van der Waals surface area contributed by atoms with Gasteiger partial charge in [0.2, 0.25) is 0 Å². The summed E-state index contributed by atoms with van der Waals surface area (Å²) in [5.74, 6) is 0. The highest BCUT2D eigenvalue weighted by molar-refractivity contribution is 5.33. The Labute approximate surface area is 123 Å². The zero-order valence-electron chi connectivity index (χ0n) is 13.2. The summed E-state index contributed by atoms with van der Waals surface area (Å²) < 4.78 is 0. The fourth-order valence-corrected chi connectivity index (χ4v) is 3.73. The van der Waals surface area contributed by atoms with Crippen LogP contribution in [0.2, 0.25) is 0 Å². The first-order chi connectivity index (χ1) is 9.52. The smallest absolute Gasteiger partial charge is 0.0151 e. The molecule has 0 radical (unpaired) electrons. The van der Waals surface area contributed by atoms with E-state index in [2.05, 4.69) is 55.3 Å². The van der Waals surface area contributed by atoms with Crippen LogP contribution in [0, 0.1) is 0 Å². The lowest BCUT2D eigenvalue weighted by Gasteiger charge is -2.41. The second-order valence-electron chi connectivity index (χ2n) is 7.47. The first-order valence-corrected chi connectivity index (χ1v) is 8.10. The van der Waals surface area contributed by atoms with Crippen molar-refractivity contribution in [2.24, 2.45) is 0 Å². The molecule has 0 unspecified atom stereocenters. The Morgan fingerprint density at radius 3 is 2.00 bits per heavy atom. The minimum atomic E-state index is 0.328. The summed E-state index contributed by atoms with van der Waals surface area (Å²) in [7, 11) is 0. The second-order valence-corrected chi connectivity index (χ2v) is 7.47. The summed E-state index contributed by atoms with van der Waals surface area (Å²) in [5, 5.41) is 3.91. The van der Waals surface area contributed by atoms with Crippen LogP contribution in [0.15, 0.2) is 24.3 Å². The molecule has 2 nitrogen and oxygen atoms in total. The van der Waals surface area contributed by atoms with E-state index in [0.29, 0.717) is 17.6 Å². The third-order valence-corrected chi connectivity index (χ3v) is 4.97. The lowest BCUT2D eigenvalue weighted by Crippen LogP contribution is -2.51. The summed E-state index contributed by atoms with van der Waals surface area (Å²) in [6.45, 7) is 9.46. The molecule has 0 amide bonds. The molecule has 20 heavy (non-hydrogen) atoms. The first-order valence-electron chi connectivity index (χ1n) is 8.10. The molecule has 1 aliphatic heterocycles. The topological polar surface area (TPSA) is 15.3 Å². The van der Waals surface area contributed by atoms with Crippen LogP contribution in [0.25, 0.3) is 0 Å². The van der Waals surface area contributed by atoms with Crippen LogP contribution in [0.3, 0.4) is 0 Å². The molecular formula is C18H28N2. The van der Waals surface area contributed by atoms with Crippen LogP contribution in [-0.4, -0.2) is 35.6 Å². The molecule has 1 fully saturated rings. The van der Waals surface area contributed by atoms with Crippen molar-refractivity contribution < 1.29 is 0 Å². The van der Waals surface area contributed by atoms with E-state index >= 15 is 0 Å². The van der Waals surface area contributed by atoms with Crippen LogP contribution in [0.4, 0.5) is 0 Å². The van der Waals surface area contributed by atoms with Gasteiger partial charge in [0.15, 0.2) is 0 Å². The van der Waals surface area contributed by atoms with Gasteiger partial charge in [-0.25, -0.2) is 0 Å². The maximum Gasteiger partial charge on any atom is 0.0151 e. The van der Waals surface area contributed by atoms with E-state index in [0.717, 1.165) is 0 Å². The van der Waals surface area contributed by atoms with E-state index < -0.39 is 0 Å². The summed E-state index contributed by atoms with van der Waals surface area (Å²) in [6.07, 6.45) is 5.03. The number of rotatable bonds is 2. The number of piperidine rings is 1. The van der Waals surface area contributed by atoms with Gasteiger partial charge in [-0.1, -0.05) is 24.3 Å². The van der Waals surface area contributed by atoms with Crippen molar-refractivity contribution in [3.05, 3.63) is 35.4 Å². The van der Waals surface area contributed by atoms with E-state index in [4.69, 9.17) is 0 Å². The third kappa shape index (κ3) is 3.07. The van der Waals surface area contributed by atoms with Crippen LogP contribution in [-0.2, 0) is 12.8 Å². The maximum atomic E-state index is 3.91. The predicted octanol–water partition coefficient (Wildman–Crippen LogP) is 3.01. The molecule has 0 bridgehead atoms. The van der Waals surface area contributed by atoms with E-state index in [1.807, 2.05) is 0 Å². The molecule has 1 heterocycles. The van der Waals surface area contributed by atoms with Crippen LogP contribution in [0.5, 0.6) is 0 Å². The van der Waals surface area contributed by atoms with Crippen molar-refractivity contribution in [2.75, 3.05) is 13.1 Å². The molecule has 0 spiro atoms. The average molecular weight is 272 g/mol. The van der Waals surface area contributed by atoms with Crippen molar-refractivity contribution >= 4 is 0 Å². The van der Waals surface area contributed by atoms with E-state index in [1.54, 1.807) is 11.1 Å². The van der Waals surface area contributed by atoms with Gasteiger partial charge in [-0.05, 0) is 57.6 Å². The van der Waals surface area contributed by atoms with Gasteiger partial charge >= 0.3 is 0 Å². The van der Waals surface area contributed by atoms with Crippen molar-refractivity contribution in [3.63, 3.8) is 0 Å². The molecule has 1 N–H and O–H groups in total. The zero-order valence-corrected chi connectivity index (χ0v) is 13.2. The Bertz CT molecular complexity index is 428. The van der Waals surface area contributed by atoms with Gasteiger partial charge in [0.25, 0.3) is 0 Å². The molecule has 0 aromatic heterocycles. The van der Waals surface area contributed by atoms with Crippen LogP contribution < -0.4 is 5.32 Å². The molecule has 0 atom stereocenters. The number of benzene rings is 1. The Kier molecular flexibility index (Phi) is 3.87. The highest BCUT2D eigenvalue weighted by atomic mass is 15.2. The molecule has 1 aliphatic carbocycles. The molecule has 1 saturated heterocycles. The van der Waals surface area contributed by atoms with Crippen LogP contribution >= 0.6 is 0 Å².